The summed E-state index contributed by atoms with van der Waals surface area (Å²) < 4.78 is 10.8. The Morgan fingerprint density at radius 1 is 1.26 bits per heavy atom. The van der Waals surface area contributed by atoms with E-state index >= 15 is 0 Å². The maximum Gasteiger partial charge on any atom is 0.333 e. The molecule has 27 heavy (non-hydrogen) atoms. The Balaban J connectivity index is 1.98. The molecule has 1 saturated carbocycles. The zero-order chi connectivity index (χ0) is 20.5. The summed E-state index contributed by atoms with van der Waals surface area (Å²) in [7, 11) is 0. The average Bonchev–Trinajstić information content (AvgIpc) is 2.72. The van der Waals surface area contributed by atoms with Gasteiger partial charge in [-0.05, 0) is 52.4 Å². The number of amides is 1. The van der Waals surface area contributed by atoms with Crippen molar-refractivity contribution in [3.05, 3.63) is 12.2 Å². The molecule has 152 valence electrons. The number of likely N-dealkylation sites (tertiary alicyclic amines) is 1. The van der Waals surface area contributed by atoms with E-state index in [0.29, 0.717) is 12.0 Å². The van der Waals surface area contributed by atoms with Crippen molar-refractivity contribution in [2.24, 2.45) is 17.8 Å². The van der Waals surface area contributed by atoms with Crippen LogP contribution in [0.25, 0.3) is 0 Å². The number of hydrogen-bond acceptors (Lipinski definition) is 5. The summed E-state index contributed by atoms with van der Waals surface area (Å²) in [6.07, 6.45) is 1.04. The van der Waals surface area contributed by atoms with E-state index in [1.165, 1.54) is 0 Å². The molecule has 0 aromatic rings. The summed E-state index contributed by atoms with van der Waals surface area (Å²) in [6, 6.07) is -0.0866. The highest BCUT2D eigenvalue weighted by molar-refractivity contribution is 5.87. The molecule has 0 aromatic carbocycles. The molecule has 1 saturated heterocycles. The molecule has 1 aliphatic heterocycles. The molecule has 0 aromatic heterocycles. The molecule has 6 heteroatoms. The Bertz CT molecular complexity index is 621. The second-order valence-corrected chi connectivity index (χ2v) is 9.02. The van der Waals surface area contributed by atoms with Crippen LogP contribution in [0.3, 0.4) is 0 Å². The van der Waals surface area contributed by atoms with Crippen molar-refractivity contribution in [1.82, 2.24) is 4.90 Å². The molecule has 0 radical (unpaired) electrons. The van der Waals surface area contributed by atoms with Gasteiger partial charge in [-0.2, -0.15) is 0 Å². The Hall–Kier alpha value is -1.85. The van der Waals surface area contributed by atoms with E-state index in [2.05, 4.69) is 20.4 Å². The number of hydrogen-bond donors (Lipinski definition) is 0. The molecule has 5 unspecified atom stereocenters. The van der Waals surface area contributed by atoms with Crippen LogP contribution in [-0.2, 0) is 23.9 Å². The molecule has 1 heterocycles. The molecule has 0 spiro atoms. The van der Waals surface area contributed by atoms with E-state index < -0.39 is 5.97 Å². The quantitative estimate of drug-likeness (QED) is 0.403. The fraction of sp³-hybridized carbons (Fsp3) is 0.762. The van der Waals surface area contributed by atoms with Crippen molar-refractivity contribution in [1.29, 1.82) is 0 Å². The van der Waals surface area contributed by atoms with Crippen LogP contribution in [0.4, 0.5) is 0 Å². The summed E-state index contributed by atoms with van der Waals surface area (Å²) in [5, 5.41) is 0. The van der Waals surface area contributed by atoms with Crippen LogP contribution >= 0.6 is 0 Å². The van der Waals surface area contributed by atoms with Gasteiger partial charge in [0.1, 0.15) is 6.10 Å². The van der Waals surface area contributed by atoms with Crippen LogP contribution in [-0.4, -0.2) is 47.0 Å². The number of carbonyl (C=O) groups is 3. The predicted octanol–water partition coefficient (Wildman–Crippen LogP) is 3.10. The number of ether oxygens (including phenoxy) is 2. The molecular formula is C21H33NO5. The fourth-order valence-electron chi connectivity index (χ4n) is 4.34. The first-order chi connectivity index (χ1) is 12.4. The van der Waals surface area contributed by atoms with Crippen LogP contribution in [0.5, 0.6) is 0 Å². The Morgan fingerprint density at radius 2 is 1.89 bits per heavy atom. The monoisotopic (exact) mass is 379 g/mol. The number of rotatable bonds is 6. The van der Waals surface area contributed by atoms with Gasteiger partial charge < -0.3 is 14.4 Å². The summed E-state index contributed by atoms with van der Waals surface area (Å²) in [5.74, 6) is -0.260. The molecule has 2 bridgehead atoms. The number of fused-ring (bicyclic) bond motifs is 2. The molecule has 1 amide bonds. The van der Waals surface area contributed by atoms with Crippen molar-refractivity contribution < 1.29 is 23.9 Å². The summed E-state index contributed by atoms with van der Waals surface area (Å²) in [5.41, 5.74) is 0.0290. The summed E-state index contributed by atoms with van der Waals surface area (Å²) >= 11 is 0. The largest absolute Gasteiger partial charge is 0.462 e. The van der Waals surface area contributed by atoms with E-state index in [1.807, 2.05) is 25.7 Å². The van der Waals surface area contributed by atoms with Gasteiger partial charge in [0.05, 0.1) is 12.6 Å². The van der Waals surface area contributed by atoms with Gasteiger partial charge in [0.15, 0.2) is 0 Å². The maximum atomic E-state index is 12.9. The Morgan fingerprint density at radius 3 is 2.44 bits per heavy atom. The highest BCUT2D eigenvalue weighted by Gasteiger charge is 2.58. The molecule has 2 aliphatic rings. The Kier molecular flexibility index (Phi) is 6.38. The van der Waals surface area contributed by atoms with Crippen LogP contribution in [0.2, 0.25) is 0 Å². The summed E-state index contributed by atoms with van der Waals surface area (Å²) in [6.45, 7) is 15.5. The van der Waals surface area contributed by atoms with Crippen LogP contribution in [0.1, 0.15) is 60.8 Å². The maximum absolute atomic E-state index is 12.9. The smallest absolute Gasteiger partial charge is 0.333 e. The van der Waals surface area contributed by atoms with Crippen LogP contribution < -0.4 is 0 Å². The lowest BCUT2D eigenvalue weighted by atomic mass is 9.73. The van der Waals surface area contributed by atoms with Crippen LogP contribution in [0.15, 0.2) is 12.2 Å². The minimum atomic E-state index is -0.450. The lowest BCUT2D eigenvalue weighted by Gasteiger charge is -2.43. The molecule has 2 rings (SSSR count). The third-order valence-corrected chi connectivity index (χ3v) is 5.65. The van der Waals surface area contributed by atoms with Crippen LogP contribution in [0, 0.1) is 17.8 Å². The molecule has 0 N–H and O–H groups in total. The van der Waals surface area contributed by atoms with Crippen molar-refractivity contribution in [3.63, 3.8) is 0 Å². The summed E-state index contributed by atoms with van der Waals surface area (Å²) in [4.78, 5) is 38.5. The normalized spacial score (nSPS) is 30.2. The van der Waals surface area contributed by atoms with Gasteiger partial charge in [0.25, 0.3) is 0 Å². The van der Waals surface area contributed by atoms with Gasteiger partial charge in [-0.15, -0.1) is 0 Å². The molecular weight excluding hydrogens is 346 g/mol. The van der Waals surface area contributed by atoms with Gasteiger partial charge in [-0.25, -0.2) is 4.79 Å². The van der Waals surface area contributed by atoms with Gasteiger partial charge in [-0.3, -0.25) is 9.59 Å². The molecule has 5 atom stereocenters. The Labute approximate surface area is 162 Å². The van der Waals surface area contributed by atoms with Crippen molar-refractivity contribution >= 4 is 17.8 Å². The minimum absolute atomic E-state index is 0.0146. The van der Waals surface area contributed by atoms with E-state index in [9.17, 15) is 14.4 Å². The number of nitrogens with zero attached hydrogens (tertiary/aromatic N) is 1. The molecule has 1 aliphatic carbocycles. The van der Waals surface area contributed by atoms with E-state index in [4.69, 9.17) is 9.47 Å². The molecule has 2 fully saturated rings. The number of esters is 2. The SMILES string of the molecule is C=C(C)C(=O)OCCCC(=O)OC1C(C)CC2C(=O)N(C(C)(C)C)C1C2C. The zero-order valence-corrected chi connectivity index (χ0v) is 17.4. The lowest BCUT2D eigenvalue weighted by molar-refractivity contribution is -0.161. The highest BCUT2D eigenvalue weighted by atomic mass is 16.5. The predicted molar refractivity (Wildman–Crippen MR) is 102 cm³/mol. The van der Waals surface area contributed by atoms with Crippen molar-refractivity contribution in [2.75, 3.05) is 6.61 Å². The topological polar surface area (TPSA) is 72.9 Å². The third-order valence-electron chi connectivity index (χ3n) is 5.65. The number of carbonyl (C=O) groups excluding carboxylic acids is 3. The zero-order valence-electron chi connectivity index (χ0n) is 17.4. The first kappa shape index (κ1) is 21.5. The van der Waals surface area contributed by atoms with Gasteiger partial charge in [-0.1, -0.05) is 20.4 Å². The first-order valence-corrected chi connectivity index (χ1v) is 9.80. The second kappa shape index (κ2) is 8.03. The van der Waals surface area contributed by atoms with Crippen molar-refractivity contribution in [3.8, 4) is 0 Å². The lowest BCUT2D eigenvalue weighted by Crippen LogP contribution is -2.55. The van der Waals surface area contributed by atoms with E-state index in [-0.39, 0.29) is 60.3 Å². The fourth-order valence-corrected chi connectivity index (χ4v) is 4.34. The average molecular weight is 379 g/mol. The minimum Gasteiger partial charge on any atom is -0.462 e. The van der Waals surface area contributed by atoms with Gasteiger partial charge >= 0.3 is 11.9 Å². The van der Waals surface area contributed by atoms with Crippen molar-refractivity contribution in [2.45, 2.75) is 78.5 Å². The highest BCUT2D eigenvalue weighted by Crippen LogP contribution is 2.47. The van der Waals surface area contributed by atoms with E-state index in [1.54, 1.807) is 6.92 Å². The second-order valence-electron chi connectivity index (χ2n) is 9.02. The third kappa shape index (κ3) is 4.53. The standard InChI is InChI=1S/C21H33NO5/c1-12(2)20(25)26-10-8-9-16(23)27-18-13(3)11-15-14(4)17(18)22(19(15)24)21(5,6)7/h13-15,17-18H,1,8-11H2,2-7H3. The molecule has 6 nitrogen and oxygen atoms in total. The van der Waals surface area contributed by atoms with Gasteiger partial charge in [0, 0.05) is 23.5 Å². The van der Waals surface area contributed by atoms with E-state index in [0.717, 1.165) is 6.42 Å². The first-order valence-electron chi connectivity index (χ1n) is 9.80. The van der Waals surface area contributed by atoms with Gasteiger partial charge in [0.2, 0.25) is 5.91 Å².